The van der Waals surface area contributed by atoms with Crippen LogP contribution in [0.5, 0.6) is 11.5 Å². The molecule has 3 aliphatic rings. The number of methoxy groups -OCH3 is 2. The minimum atomic E-state index is -0.452. The van der Waals surface area contributed by atoms with Crippen molar-refractivity contribution in [2.75, 3.05) is 27.4 Å². The number of allylic oxidation sites excluding steroid dienone is 5. The van der Waals surface area contributed by atoms with Crippen LogP contribution in [0.2, 0.25) is 0 Å². The highest BCUT2D eigenvalue weighted by Gasteiger charge is 2.49. The summed E-state index contributed by atoms with van der Waals surface area (Å²) < 4.78 is 17.7. The number of nitrogens with zero attached hydrogens (tertiary/aromatic N) is 1. The Hall–Kier alpha value is -3.64. The zero-order valence-electron chi connectivity index (χ0n) is 27.3. The molecule has 0 saturated carbocycles. The first kappa shape index (κ1) is 31.8. The first-order valence-corrected chi connectivity index (χ1v) is 15.8. The molecule has 1 aliphatic heterocycles. The third-order valence-corrected chi connectivity index (χ3v) is 9.05. The van der Waals surface area contributed by atoms with Crippen molar-refractivity contribution in [2.45, 2.75) is 78.7 Å². The second-order valence-corrected chi connectivity index (χ2v) is 14.0. The zero-order valence-corrected chi connectivity index (χ0v) is 27.3. The lowest BCUT2D eigenvalue weighted by atomic mass is 9.63. The molecule has 234 valence electrons. The number of carbonyl (C=O) groups excluding carboxylic acids is 2. The number of hydrogen-bond acceptors (Lipinski definition) is 6. The van der Waals surface area contributed by atoms with Crippen LogP contribution >= 0.6 is 0 Å². The maximum absolute atomic E-state index is 14.2. The summed E-state index contributed by atoms with van der Waals surface area (Å²) in [5.74, 6) is 1.04. The van der Waals surface area contributed by atoms with Crippen LogP contribution in [-0.2, 0) is 27.4 Å². The Bertz CT molecular complexity index is 1440. The van der Waals surface area contributed by atoms with Crippen LogP contribution in [0.4, 0.5) is 0 Å². The molecule has 0 fully saturated rings. The number of Topliss-reactive ketones (excluding diaryl/α,β-unsaturated/α-hetero) is 2. The van der Waals surface area contributed by atoms with E-state index in [0.717, 1.165) is 58.5 Å². The van der Waals surface area contributed by atoms with Crippen molar-refractivity contribution in [1.29, 1.82) is 0 Å². The second-order valence-electron chi connectivity index (χ2n) is 14.0. The van der Waals surface area contributed by atoms with Gasteiger partial charge in [0.05, 0.1) is 7.11 Å². The van der Waals surface area contributed by atoms with E-state index in [0.29, 0.717) is 50.5 Å². The van der Waals surface area contributed by atoms with Crippen LogP contribution < -0.4 is 9.47 Å². The summed E-state index contributed by atoms with van der Waals surface area (Å²) in [6.45, 7) is 14.4. The van der Waals surface area contributed by atoms with Crippen LogP contribution in [0, 0.1) is 10.8 Å². The van der Waals surface area contributed by atoms with E-state index < -0.39 is 5.92 Å². The molecule has 2 aliphatic carbocycles. The maximum Gasteiger partial charge on any atom is 0.165 e. The summed E-state index contributed by atoms with van der Waals surface area (Å²) in [5, 5.41) is 0. The highest BCUT2D eigenvalue weighted by atomic mass is 16.5. The van der Waals surface area contributed by atoms with Crippen molar-refractivity contribution in [2.24, 2.45) is 10.8 Å². The van der Waals surface area contributed by atoms with Gasteiger partial charge < -0.3 is 19.1 Å². The number of ketones is 2. The average molecular weight is 598 g/mol. The van der Waals surface area contributed by atoms with Gasteiger partial charge in [0.25, 0.3) is 0 Å². The van der Waals surface area contributed by atoms with Crippen LogP contribution in [0.1, 0.15) is 82.4 Å². The SMILES string of the molecule is C=CCc1cc(C2C3=C(CC(C)(C)CC3=O)N(CCCOC)C3=C2C(=O)CC(C)(C)C3)cc(OC)c1OCc1ccccc1. The highest BCUT2D eigenvalue weighted by Crippen LogP contribution is 2.55. The minimum Gasteiger partial charge on any atom is -0.493 e. The molecule has 0 radical (unpaired) electrons. The fourth-order valence-corrected chi connectivity index (χ4v) is 7.22. The van der Waals surface area contributed by atoms with Crippen molar-refractivity contribution in [3.63, 3.8) is 0 Å². The number of hydrogen-bond donors (Lipinski definition) is 0. The van der Waals surface area contributed by atoms with Gasteiger partial charge in [0.1, 0.15) is 6.61 Å². The van der Waals surface area contributed by atoms with E-state index in [-0.39, 0.29) is 22.4 Å². The van der Waals surface area contributed by atoms with Crippen LogP contribution in [0.25, 0.3) is 0 Å². The summed E-state index contributed by atoms with van der Waals surface area (Å²) >= 11 is 0. The Kier molecular flexibility index (Phi) is 9.22. The number of ether oxygens (including phenoxy) is 3. The first-order valence-electron chi connectivity index (χ1n) is 15.8. The fraction of sp³-hybridized carbons (Fsp3) is 0.474. The third-order valence-electron chi connectivity index (χ3n) is 9.05. The lowest BCUT2D eigenvalue weighted by molar-refractivity contribution is -0.119. The zero-order chi connectivity index (χ0) is 31.6. The average Bonchev–Trinajstić information content (AvgIpc) is 2.96. The quantitative estimate of drug-likeness (QED) is 0.195. The molecule has 0 N–H and O–H groups in total. The molecule has 0 amide bonds. The van der Waals surface area contributed by atoms with E-state index >= 15 is 0 Å². The Balaban J connectivity index is 1.70. The van der Waals surface area contributed by atoms with Crippen molar-refractivity contribution < 1.29 is 23.8 Å². The third kappa shape index (κ3) is 6.41. The van der Waals surface area contributed by atoms with Gasteiger partial charge in [0.2, 0.25) is 0 Å². The number of benzene rings is 2. The predicted molar refractivity (Wildman–Crippen MR) is 174 cm³/mol. The molecule has 0 unspecified atom stereocenters. The monoisotopic (exact) mass is 597 g/mol. The predicted octanol–water partition coefficient (Wildman–Crippen LogP) is 7.72. The summed E-state index contributed by atoms with van der Waals surface area (Å²) in [6.07, 6.45) is 5.67. The van der Waals surface area contributed by atoms with Crippen molar-refractivity contribution in [1.82, 2.24) is 4.90 Å². The molecule has 5 rings (SSSR count). The first-order chi connectivity index (χ1) is 21.0. The van der Waals surface area contributed by atoms with Gasteiger partial charge in [-0.25, -0.2) is 0 Å². The van der Waals surface area contributed by atoms with Crippen molar-refractivity contribution in [3.05, 3.63) is 94.4 Å². The topological polar surface area (TPSA) is 65.1 Å². The molecule has 2 aromatic rings. The molecule has 0 atom stereocenters. The van der Waals surface area contributed by atoms with Crippen molar-refractivity contribution in [3.8, 4) is 11.5 Å². The lowest BCUT2D eigenvalue weighted by Gasteiger charge is -2.49. The molecular weight excluding hydrogens is 550 g/mol. The highest BCUT2D eigenvalue weighted by molar-refractivity contribution is 6.06. The lowest BCUT2D eigenvalue weighted by Crippen LogP contribution is -2.44. The van der Waals surface area contributed by atoms with E-state index in [2.05, 4.69) is 45.2 Å². The second kappa shape index (κ2) is 12.8. The van der Waals surface area contributed by atoms with Crippen LogP contribution in [0.15, 0.2) is 77.7 Å². The summed E-state index contributed by atoms with van der Waals surface area (Å²) in [7, 11) is 3.35. The van der Waals surface area contributed by atoms with Gasteiger partial charge in [-0.15, -0.1) is 6.58 Å². The normalized spacial score (nSPS) is 19.5. The Morgan fingerprint density at radius 1 is 0.909 bits per heavy atom. The molecule has 0 spiro atoms. The van der Waals surface area contributed by atoms with Crippen LogP contribution in [0.3, 0.4) is 0 Å². The molecule has 6 heteroatoms. The molecule has 44 heavy (non-hydrogen) atoms. The van der Waals surface area contributed by atoms with Gasteiger partial charge in [-0.3, -0.25) is 9.59 Å². The molecular formula is C38H47NO5. The number of rotatable bonds is 11. The molecule has 6 nitrogen and oxygen atoms in total. The van der Waals surface area contributed by atoms with E-state index in [1.54, 1.807) is 14.2 Å². The summed E-state index contributed by atoms with van der Waals surface area (Å²) in [4.78, 5) is 30.7. The van der Waals surface area contributed by atoms with Gasteiger partial charge >= 0.3 is 0 Å². The van der Waals surface area contributed by atoms with Gasteiger partial charge in [-0.05, 0) is 53.7 Å². The van der Waals surface area contributed by atoms with E-state index in [4.69, 9.17) is 14.2 Å². The van der Waals surface area contributed by atoms with Gasteiger partial charge in [0.15, 0.2) is 23.1 Å². The Morgan fingerprint density at radius 2 is 1.52 bits per heavy atom. The molecule has 0 bridgehead atoms. The fourth-order valence-electron chi connectivity index (χ4n) is 7.22. The van der Waals surface area contributed by atoms with Crippen LogP contribution in [-0.4, -0.2) is 43.8 Å². The molecule has 0 saturated heterocycles. The van der Waals surface area contributed by atoms with Crippen molar-refractivity contribution >= 4 is 11.6 Å². The Labute approximate surface area is 262 Å². The Morgan fingerprint density at radius 3 is 2.07 bits per heavy atom. The molecule has 2 aromatic carbocycles. The van der Waals surface area contributed by atoms with Gasteiger partial charge in [-0.2, -0.15) is 0 Å². The molecule has 1 heterocycles. The largest absolute Gasteiger partial charge is 0.493 e. The van der Waals surface area contributed by atoms with Gasteiger partial charge in [-0.1, -0.05) is 70.2 Å². The standard InChI is InChI=1S/C38H47NO5/c1-8-13-26-18-27(19-32(43-7)36(26)44-24-25-14-10-9-11-15-25)33-34-28(20-37(2,3)22-30(34)40)39(16-12-17-42-6)29-21-38(4,5)23-31(41)35(29)33/h8-11,14-15,18-19,33H,1,12-13,16-17,20-24H2,2-7H3. The summed E-state index contributed by atoms with van der Waals surface area (Å²) in [5.41, 5.74) is 6.17. The minimum absolute atomic E-state index is 0.121. The van der Waals surface area contributed by atoms with Gasteiger partial charge in [0, 0.05) is 67.1 Å². The van der Waals surface area contributed by atoms with E-state index in [9.17, 15) is 9.59 Å². The number of carbonyl (C=O) groups is 2. The summed E-state index contributed by atoms with van der Waals surface area (Å²) in [6, 6.07) is 14.1. The van der Waals surface area contributed by atoms with E-state index in [1.807, 2.05) is 42.5 Å². The maximum atomic E-state index is 14.2. The smallest absolute Gasteiger partial charge is 0.165 e. The molecule has 0 aromatic heterocycles. The van der Waals surface area contributed by atoms with E-state index in [1.165, 1.54) is 0 Å².